The summed E-state index contributed by atoms with van der Waals surface area (Å²) >= 11 is 0. The van der Waals surface area contributed by atoms with E-state index in [4.69, 9.17) is 11.5 Å². The van der Waals surface area contributed by atoms with E-state index in [-0.39, 0.29) is 16.6 Å². The summed E-state index contributed by atoms with van der Waals surface area (Å²) in [6.45, 7) is 17.4. The topological polar surface area (TPSA) is 69.1 Å². The lowest BCUT2D eigenvalue weighted by Crippen LogP contribution is -2.33. The first-order valence-electron chi connectivity index (χ1n) is 7.81. The van der Waals surface area contributed by atoms with Crippen LogP contribution in [0.1, 0.15) is 74.7 Å². The Bertz CT molecular complexity index is 261. The van der Waals surface area contributed by atoms with Gasteiger partial charge in [0.15, 0.2) is 0 Å². The zero-order chi connectivity index (χ0) is 16.6. The maximum atomic E-state index is 10.9. The first-order chi connectivity index (χ1) is 8.86. The standard InChI is InChI=1S/C10H21NO.C7H17N/c1-8(12)7-9(5-6-11)10(2,3)4;1-5-6(8)7(2,3)4/h9H,5-7,11H2,1-4H3;6H,5,8H2,1-4H3/t9-;6-/m11/s1. The number of hydrogen-bond acceptors (Lipinski definition) is 3. The Balaban J connectivity index is 0. The van der Waals surface area contributed by atoms with Crippen molar-refractivity contribution in [2.24, 2.45) is 28.2 Å². The first-order valence-corrected chi connectivity index (χ1v) is 7.81. The maximum absolute atomic E-state index is 10.9. The molecule has 0 saturated carbocycles. The smallest absolute Gasteiger partial charge is 0.130 e. The quantitative estimate of drug-likeness (QED) is 0.808. The molecule has 122 valence electrons. The predicted octanol–water partition coefficient (Wildman–Crippen LogP) is 3.75. The van der Waals surface area contributed by atoms with Crippen molar-refractivity contribution in [2.45, 2.75) is 80.7 Å². The molecule has 0 fully saturated rings. The molecule has 0 saturated heterocycles. The van der Waals surface area contributed by atoms with Crippen LogP contribution in [0.3, 0.4) is 0 Å². The number of ketones is 1. The van der Waals surface area contributed by atoms with E-state index in [2.05, 4.69) is 48.5 Å². The van der Waals surface area contributed by atoms with Gasteiger partial charge in [-0.25, -0.2) is 0 Å². The Labute approximate surface area is 126 Å². The fourth-order valence-electron chi connectivity index (χ4n) is 2.00. The van der Waals surface area contributed by atoms with Crippen LogP contribution < -0.4 is 11.5 Å². The zero-order valence-corrected chi connectivity index (χ0v) is 15.0. The number of carbonyl (C=O) groups excluding carboxylic acids is 1. The summed E-state index contributed by atoms with van der Waals surface area (Å²) in [7, 11) is 0. The highest BCUT2D eigenvalue weighted by Crippen LogP contribution is 2.31. The fraction of sp³-hybridized carbons (Fsp3) is 0.941. The summed E-state index contributed by atoms with van der Waals surface area (Å²) in [6.07, 6.45) is 2.69. The fourth-order valence-corrected chi connectivity index (χ4v) is 2.00. The maximum Gasteiger partial charge on any atom is 0.130 e. The molecule has 4 N–H and O–H groups in total. The van der Waals surface area contributed by atoms with Crippen LogP contribution in [0.15, 0.2) is 0 Å². The van der Waals surface area contributed by atoms with Gasteiger partial charge in [-0.1, -0.05) is 48.5 Å². The Morgan fingerprint density at radius 1 is 1.05 bits per heavy atom. The lowest BCUT2D eigenvalue weighted by atomic mass is 9.76. The van der Waals surface area contributed by atoms with E-state index in [1.807, 2.05) is 0 Å². The van der Waals surface area contributed by atoms with Crippen molar-refractivity contribution in [2.75, 3.05) is 6.54 Å². The normalized spacial score (nSPS) is 15.1. The average Bonchev–Trinajstić information content (AvgIpc) is 2.25. The lowest BCUT2D eigenvalue weighted by molar-refractivity contribution is -0.118. The molecule has 0 aromatic carbocycles. The van der Waals surface area contributed by atoms with Crippen molar-refractivity contribution in [1.29, 1.82) is 0 Å². The van der Waals surface area contributed by atoms with Crippen molar-refractivity contribution in [3.05, 3.63) is 0 Å². The van der Waals surface area contributed by atoms with Gasteiger partial charge < -0.3 is 16.3 Å². The summed E-state index contributed by atoms with van der Waals surface area (Å²) in [4.78, 5) is 10.9. The molecule has 0 radical (unpaired) electrons. The Kier molecular flexibility index (Phi) is 10.4. The lowest BCUT2D eigenvalue weighted by Gasteiger charge is -2.29. The summed E-state index contributed by atoms with van der Waals surface area (Å²) < 4.78 is 0. The highest BCUT2D eigenvalue weighted by atomic mass is 16.1. The van der Waals surface area contributed by atoms with Gasteiger partial charge in [-0.05, 0) is 43.1 Å². The second kappa shape index (κ2) is 9.51. The number of Topliss-reactive ketones (excluding diaryl/α,β-unsaturated/α-hetero) is 1. The molecule has 20 heavy (non-hydrogen) atoms. The molecule has 0 aliphatic rings. The summed E-state index contributed by atoms with van der Waals surface area (Å²) in [6, 6.07) is 0.350. The summed E-state index contributed by atoms with van der Waals surface area (Å²) in [5, 5.41) is 0. The van der Waals surface area contributed by atoms with E-state index in [0.717, 1.165) is 12.8 Å². The van der Waals surface area contributed by atoms with Crippen molar-refractivity contribution >= 4 is 5.78 Å². The van der Waals surface area contributed by atoms with Gasteiger partial charge in [0.2, 0.25) is 0 Å². The van der Waals surface area contributed by atoms with Crippen molar-refractivity contribution in [3.8, 4) is 0 Å². The predicted molar refractivity (Wildman–Crippen MR) is 89.6 cm³/mol. The number of carbonyl (C=O) groups is 1. The highest BCUT2D eigenvalue weighted by Gasteiger charge is 2.24. The van der Waals surface area contributed by atoms with E-state index >= 15 is 0 Å². The van der Waals surface area contributed by atoms with Crippen LogP contribution in [0.2, 0.25) is 0 Å². The van der Waals surface area contributed by atoms with Crippen LogP contribution in [0.4, 0.5) is 0 Å². The zero-order valence-electron chi connectivity index (χ0n) is 15.0. The van der Waals surface area contributed by atoms with Gasteiger partial charge in [0.1, 0.15) is 5.78 Å². The molecular formula is C17H38N2O. The molecule has 0 aliphatic heterocycles. The molecule has 0 aromatic heterocycles. The number of rotatable bonds is 5. The summed E-state index contributed by atoms with van der Waals surface area (Å²) in [5.41, 5.74) is 11.7. The molecule has 3 heteroatoms. The van der Waals surface area contributed by atoms with E-state index in [0.29, 0.717) is 24.9 Å². The van der Waals surface area contributed by atoms with E-state index in [1.54, 1.807) is 6.92 Å². The Morgan fingerprint density at radius 3 is 1.65 bits per heavy atom. The van der Waals surface area contributed by atoms with Crippen molar-refractivity contribution in [3.63, 3.8) is 0 Å². The third-order valence-corrected chi connectivity index (χ3v) is 3.83. The average molecular weight is 287 g/mol. The van der Waals surface area contributed by atoms with Gasteiger partial charge in [-0.3, -0.25) is 0 Å². The molecule has 0 spiro atoms. The van der Waals surface area contributed by atoms with Gasteiger partial charge in [0, 0.05) is 12.5 Å². The minimum atomic E-state index is 0.199. The van der Waals surface area contributed by atoms with Gasteiger partial charge in [-0.2, -0.15) is 0 Å². The van der Waals surface area contributed by atoms with Crippen LogP contribution in [0.5, 0.6) is 0 Å². The second-order valence-corrected chi connectivity index (χ2v) is 7.93. The van der Waals surface area contributed by atoms with Crippen LogP contribution in [-0.4, -0.2) is 18.4 Å². The monoisotopic (exact) mass is 286 g/mol. The minimum absolute atomic E-state index is 0.199. The van der Waals surface area contributed by atoms with Crippen molar-refractivity contribution in [1.82, 2.24) is 0 Å². The van der Waals surface area contributed by atoms with Crippen LogP contribution in [-0.2, 0) is 4.79 Å². The Morgan fingerprint density at radius 2 is 1.50 bits per heavy atom. The minimum Gasteiger partial charge on any atom is -0.330 e. The number of nitrogens with two attached hydrogens (primary N) is 2. The first kappa shape index (κ1) is 21.9. The van der Waals surface area contributed by atoms with E-state index in [1.165, 1.54) is 0 Å². The molecular weight excluding hydrogens is 248 g/mol. The van der Waals surface area contributed by atoms with Gasteiger partial charge in [-0.15, -0.1) is 0 Å². The molecule has 3 nitrogen and oxygen atoms in total. The van der Waals surface area contributed by atoms with Crippen LogP contribution in [0, 0.1) is 16.7 Å². The second-order valence-electron chi connectivity index (χ2n) is 7.93. The molecule has 0 unspecified atom stereocenters. The van der Waals surface area contributed by atoms with Crippen LogP contribution >= 0.6 is 0 Å². The molecule has 2 atom stereocenters. The SMILES string of the molecule is CC(=O)C[C@@H](CCN)C(C)(C)C.CC[C@@H](N)C(C)(C)C. The van der Waals surface area contributed by atoms with Gasteiger partial charge >= 0.3 is 0 Å². The molecule has 0 amide bonds. The third-order valence-electron chi connectivity index (χ3n) is 3.83. The molecule has 0 heterocycles. The molecule has 0 bridgehead atoms. The van der Waals surface area contributed by atoms with Gasteiger partial charge in [0.05, 0.1) is 0 Å². The van der Waals surface area contributed by atoms with E-state index in [9.17, 15) is 4.79 Å². The largest absolute Gasteiger partial charge is 0.330 e. The molecule has 0 aromatic rings. The summed E-state index contributed by atoms with van der Waals surface area (Å²) in [5.74, 6) is 0.698. The third kappa shape index (κ3) is 11.4. The molecule has 0 aliphatic carbocycles. The van der Waals surface area contributed by atoms with E-state index < -0.39 is 0 Å². The number of hydrogen-bond donors (Lipinski definition) is 2. The highest BCUT2D eigenvalue weighted by molar-refractivity contribution is 5.75. The van der Waals surface area contributed by atoms with Crippen molar-refractivity contribution < 1.29 is 4.79 Å². The molecule has 0 rings (SSSR count). The van der Waals surface area contributed by atoms with Gasteiger partial charge in [0.25, 0.3) is 0 Å². The van der Waals surface area contributed by atoms with Crippen LogP contribution in [0.25, 0.3) is 0 Å². The Hall–Kier alpha value is -0.410.